The molecule has 2 aromatic rings. The molecule has 0 bridgehead atoms. The van der Waals surface area contributed by atoms with Crippen LogP contribution >= 0.6 is 0 Å². The summed E-state index contributed by atoms with van der Waals surface area (Å²) in [6, 6.07) is 7.33. The van der Waals surface area contributed by atoms with E-state index in [2.05, 4.69) is 20.6 Å². The Morgan fingerprint density at radius 3 is 2.52 bits per heavy atom. The van der Waals surface area contributed by atoms with Crippen LogP contribution in [0.25, 0.3) is 0 Å². The van der Waals surface area contributed by atoms with Gasteiger partial charge in [0.1, 0.15) is 5.69 Å². The number of carbonyl (C=O) groups is 1. The molecule has 1 aromatic heterocycles. The van der Waals surface area contributed by atoms with Gasteiger partial charge in [-0.1, -0.05) is 6.07 Å². The van der Waals surface area contributed by atoms with Gasteiger partial charge in [-0.15, -0.1) is 0 Å². The number of aryl methyl sites for hydroxylation is 1. The van der Waals surface area contributed by atoms with E-state index in [0.717, 1.165) is 17.8 Å². The average molecular weight is 373 g/mol. The van der Waals surface area contributed by atoms with Crippen LogP contribution in [0.15, 0.2) is 24.3 Å². The Hall–Kier alpha value is -2.87. The minimum atomic E-state index is -0.212. The highest BCUT2D eigenvalue weighted by atomic mass is 16.5. The van der Waals surface area contributed by atoms with Gasteiger partial charge in [0.2, 0.25) is 5.95 Å². The van der Waals surface area contributed by atoms with E-state index >= 15 is 0 Å². The molecule has 0 fully saturated rings. The number of methoxy groups -OCH3 is 2. The Morgan fingerprint density at radius 2 is 1.85 bits per heavy atom. The highest BCUT2D eigenvalue weighted by Gasteiger charge is 2.11. The van der Waals surface area contributed by atoms with E-state index in [1.807, 2.05) is 44.1 Å². The molecule has 1 aromatic carbocycles. The van der Waals surface area contributed by atoms with Gasteiger partial charge in [0.05, 0.1) is 14.2 Å². The molecule has 8 heteroatoms. The number of likely N-dealkylation sites (N-methyl/N-ethyl adjacent to an activating group) is 1. The summed E-state index contributed by atoms with van der Waals surface area (Å²) in [6.07, 6.45) is 0. The molecule has 0 aliphatic rings. The van der Waals surface area contributed by atoms with E-state index in [1.165, 1.54) is 0 Å². The van der Waals surface area contributed by atoms with Crippen molar-refractivity contribution in [1.29, 1.82) is 0 Å². The van der Waals surface area contributed by atoms with Gasteiger partial charge in [0.25, 0.3) is 5.91 Å². The van der Waals surface area contributed by atoms with Gasteiger partial charge in [-0.05, 0) is 44.8 Å². The number of carbonyl (C=O) groups excluding carboxylic acids is 1. The summed E-state index contributed by atoms with van der Waals surface area (Å²) < 4.78 is 10.6. The molecule has 1 amide bonds. The Labute approximate surface area is 159 Å². The molecule has 0 spiro atoms. The molecule has 2 N–H and O–H groups in total. The van der Waals surface area contributed by atoms with Crippen molar-refractivity contribution in [1.82, 2.24) is 20.2 Å². The lowest BCUT2D eigenvalue weighted by molar-refractivity contribution is 0.0946. The minimum Gasteiger partial charge on any atom is -0.493 e. The van der Waals surface area contributed by atoms with Crippen LogP contribution in [0, 0.1) is 6.92 Å². The van der Waals surface area contributed by atoms with Crippen molar-refractivity contribution < 1.29 is 14.3 Å². The first-order chi connectivity index (χ1) is 12.9. The first kappa shape index (κ1) is 20.4. The zero-order chi connectivity index (χ0) is 19.8. The van der Waals surface area contributed by atoms with Crippen molar-refractivity contribution in [3.63, 3.8) is 0 Å². The average Bonchev–Trinajstić information content (AvgIpc) is 2.65. The molecule has 0 aliphatic heterocycles. The van der Waals surface area contributed by atoms with Gasteiger partial charge >= 0.3 is 0 Å². The number of anilines is 1. The molecular formula is C19H27N5O3. The molecule has 146 valence electrons. The van der Waals surface area contributed by atoms with Crippen molar-refractivity contribution in [2.45, 2.75) is 13.5 Å². The lowest BCUT2D eigenvalue weighted by Crippen LogP contribution is -2.32. The maximum absolute atomic E-state index is 12.3. The third kappa shape index (κ3) is 6.10. The third-order valence-corrected chi connectivity index (χ3v) is 3.83. The second-order valence-corrected chi connectivity index (χ2v) is 6.32. The molecule has 0 radical (unpaired) electrons. The normalized spacial score (nSPS) is 10.6. The molecule has 0 saturated carbocycles. The Bertz CT molecular complexity index is 780. The lowest BCUT2D eigenvalue weighted by atomic mass is 10.2. The predicted octanol–water partition coefficient (Wildman–Crippen LogP) is 1.71. The fraction of sp³-hybridized carbons (Fsp3) is 0.421. The molecule has 1 heterocycles. The number of nitrogens with zero attached hydrogens (tertiary/aromatic N) is 3. The Balaban J connectivity index is 2.04. The van der Waals surface area contributed by atoms with E-state index in [1.54, 1.807) is 20.3 Å². The lowest BCUT2D eigenvalue weighted by Gasteiger charge is -2.12. The maximum Gasteiger partial charge on any atom is 0.270 e. The second-order valence-electron chi connectivity index (χ2n) is 6.32. The van der Waals surface area contributed by atoms with E-state index in [4.69, 9.17) is 9.47 Å². The molecule has 27 heavy (non-hydrogen) atoms. The summed E-state index contributed by atoms with van der Waals surface area (Å²) in [5, 5.41) is 6.01. The van der Waals surface area contributed by atoms with Crippen LogP contribution in [-0.4, -0.2) is 62.2 Å². The van der Waals surface area contributed by atoms with Crippen LogP contribution in [-0.2, 0) is 6.54 Å². The number of amides is 1. The van der Waals surface area contributed by atoms with Gasteiger partial charge in [-0.25, -0.2) is 9.97 Å². The number of ether oxygens (including phenoxy) is 2. The third-order valence-electron chi connectivity index (χ3n) is 3.83. The smallest absolute Gasteiger partial charge is 0.270 e. The van der Waals surface area contributed by atoms with Crippen molar-refractivity contribution in [3.8, 4) is 11.5 Å². The molecule has 0 unspecified atom stereocenters. The number of benzene rings is 1. The first-order valence-electron chi connectivity index (χ1n) is 8.66. The van der Waals surface area contributed by atoms with Crippen molar-refractivity contribution in [3.05, 3.63) is 41.2 Å². The Morgan fingerprint density at radius 1 is 1.11 bits per heavy atom. The van der Waals surface area contributed by atoms with Crippen molar-refractivity contribution >= 4 is 11.9 Å². The summed E-state index contributed by atoms with van der Waals surface area (Å²) in [7, 11) is 7.11. The Kier molecular flexibility index (Phi) is 7.36. The fourth-order valence-electron chi connectivity index (χ4n) is 2.42. The number of hydrogen-bond donors (Lipinski definition) is 2. The van der Waals surface area contributed by atoms with Gasteiger partial charge in [-0.2, -0.15) is 0 Å². The molecule has 2 rings (SSSR count). The van der Waals surface area contributed by atoms with Gasteiger partial charge in [-0.3, -0.25) is 4.79 Å². The zero-order valence-electron chi connectivity index (χ0n) is 16.5. The topological polar surface area (TPSA) is 88.6 Å². The SMILES string of the molecule is COc1ccc(CNc2nc(C)cc(C(=O)NCCN(C)C)n2)cc1OC. The minimum absolute atomic E-state index is 0.212. The van der Waals surface area contributed by atoms with Gasteiger partial charge in [0.15, 0.2) is 11.5 Å². The number of hydrogen-bond acceptors (Lipinski definition) is 7. The predicted molar refractivity (Wildman–Crippen MR) is 105 cm³/mol. The molecule has 0 saturated heterocycles. The van der Waals surface area contributed by atoms with Crippen molar-refractivity contribution in [2.24, 2.45) is 0 Å². The largest absolute Gasteiger partial charge is 0.493 e. The number of aromatic nitrogens is 2. The van der Waals surface area contributed by atoms with Crippen LogP contribution < -0.4 is 20.1 Å². The van der Waals surface area contributed by atoms with E-state index in [9.17, 15) is 4.79 Å². The first-order valence-corrected chi connectivity index (χ1v) is 8.66. The molecule has 8 nitrogen and oxygen atoms in total. The number of rotatable bonds is 9. The number of nitrogens with one attached hydrogen (secondary N) is 2. The summed E-state index contributed by atoms with van der Waals surface area (Å²) in [6.45, 7) is 3.65. The standard InChI is InChI=1S/C19H27N5O3/c1-13-10-15(18(25)20-8-9-24(2)3)23-19(22-13)21-12-14-6-7-16(26-4)17(11-14)27-5/h6-7,10-11H,8-9,12H2,1-5H3,(H,20,25)(H,21,22,23). The summed E-state index contributed by atoms with van der Waals surface area (Å²) >= 11 is 0. The van der Waals surface area contributed by atoms with E-state index in [-0.39, 0.29) is 5.91 Å². The van der Waals surface area contributed by atoms with Crippen LogP contribution in [0.4, 0.5) is 5.95 Å². The van der Waals surface area contributed by atoms with Crippen LogP contribution in [0.2, 0.25) is 0 Å². The van der Waals surface area contributed by atoms with E-state index in [0.29, 0.717) is 36.2 Å². The van der Waals surface area contributed by atoms with Crippen LogP contribution in [0.1, 0.15) is 21.7 Å². The van der Waals surface area contributed by atoms with Crippen LogP contribution in [0.3, 0.4) is 0 Å². The fourth-order valence-corrected chi connectivity index (χ4v) is 2.42. The quantitative estimate of drug-likeness (QED) is 0.692. The van der Waals surface area contributed by atoms with E-state index < -0.39 is 0 Å². The highest BCUT2D eigenvalue weighted by Crippen LogP contribution is 2.27. The molecular weight excluding hydrogens is 346 g/mol. The summed E-state index contributed by atoms with van der Waals surface area (Å²) in [5.41, 5.74) is 2.04. The van der Waals surface area contributed by atoms with Crippen LogP contribution in [0.5, 0.6) is 11.5 Å². The van der Waals surface area contributed by atoms with Gasteiger partial charge < -0.3 is 25.0 Å². The molecule has 0 atom stereocenters. The zero-order valence-corrected chi connectivity index (χ0v) is 16.5. The second kappa shape index (κ2) is 9.72. The van der Waals surface area contributed by atoms with Gasteiger partial charge in [0, 0.05) is 25.3 Å². The highest BCUT2D eigenvalue weighted by molar-refractivity contribution is 5.92. The summed E-state index contributed by atoms with van der Waals surface area (Å²) in [4.78, 5) is 23.0. The van der Waals surface area contributed by atoms with Crippen molar-refractivity contribution in [2.75, 3.05) is 46.7 Å². The maximum atomic E-state index is 12.3. The summed E-state index contributed by atoms with van der Waals surface area (Å²) in [5.74, 6) is 1.52. The monoisotopic (exact) mass is 373 g/mol. The molecule has 0 aliphatic carbocycles.